The normalized spacial score (nSPS) is 10.8. The molecule has 0 N–H and O–H groups in total. The summed E-state index contributed by atoms with van der Waals surface area (Å²) in [5.41, 5.74) is -0.768. The first kappa shape index (κ1) is 15.2. The van der Waals surface area contributed by atoms with Gasteiger partial charge >= 0.3 is 11.2 Å². The van der Waals surface area contributed by atoms with Crippen LogP contribution in [0.2, 0.25) is 0 Å². The zero-order valence-electron chi connectivity index (χ0n) is 12.4. The smallest absolute Gasteiger partial charge is 0.346 e. The highest BCUT2D eigenvalue weighted by Gasteiger charge is 2.27. The summed E-state index contributed by atoms with van der Waals surface area (Å²) >= 11 is 1.56. The van der Waals surface area contributed by atoms with Crippen LogP contribution >= 0.6 is 11.3 Å². The molecule has 0 spiro atoms. The molecule has 0 aromatic carbocycles. The molecule has 0 aliphatic carbocycles. The van der Waals surface area contributed by atoms with E-state index in [1.165, 1.54) is 10.6 Å². The topological polar surface area (TPSA) is 80.8 Å². The maximum Gasteiger partial charge on any atom is 0.376 e. The third kappa shape index (κ3) is 2.80. The Morgan fingerprint density at radius 1 is 1.35 bits per heavy atom. The van der Waals surface area contributed by atoms with Crippen molar-refractivity contribution in [1.82, 2.24) is 9.38 Å². The van der Waals surface area contributed by atoms with E-state index in [2.05, 4.69) is 4.98 Å². The number of anilines is 1. The minimum atomic E-state index is -0.666. The lowest BCUT2D eigenvalue weighted by Gasteiger charge is -2.21. The Morgan fingerprint density at radius 3 is 2.83 bits per heavy atom. The highest BCUT2D eigenvalue weighted by atomic mass is 32.1. The van der Waals surface area contributed by atoms with E-state index in [1.807, 2.05) is 24.4 Å². The minimum absolute atomic E-state index is 0.113. The first-order valence-corrected chi connectivity index (χ1v) is 7.93. The first-order valence-electron chi connectivity index (χ1n) is 7.05. The molecule has 0 amide bonds. The Kier molecular flexibility index (Phi) is 4.07. The molecule has 0 saturated heterocycles. The molecule has 0 bridgehead atoms. The van der Waals surface area contributed by atoms with Gasteiger partial charge in [0.05, 0.1) is 11.5 Å². The third-order valence-electron chi connectivity index (χ3n) is 3.48. The molecule has 3 rings (SSSR count). The van der Waals surface area contributed by atoms with Crippen molar-refractivity contribution >= 4 is 28.5 Å². The maximum absolute atomic E-state index is 12.5. The lowest BCUT2D eigenvalue weighted by atomic mass is 10.3. The number of rotatable bonds is 5. The number of nitrogens with zero attached hydrogens (tertiary/aromatic N) is 4. The van der Waals surface area contributed by atoms with Gasteiger partial charge in [0.25, 0.3) is 0 Å². The van der Waals surface area contributed by atoms with Crippen LogP contribution in [0, 0.1) is 10.1 Å². The van der Waals surface area contributed by atoms with Gasteiger partial charge < -0.3 is 4.90 Å². The Bertz CT molecular complexity index is 905. The summed E-state index contributed by atoms with van der Waals surface area (Å²) in [4.78, 5) is 30.4. The fourth-order valence-electron chi connectivity index (χ4n) is 2.38. The summed E-state index contributed by atoms with van der Waals surface area (Å²) in [5, 5.41) is 13.4. The van der Waals surface area contributed by atoms with Crippen molar-refractivity contribution in [2.24, 2.45) is 0 Å². The summed E-state index contributed by atoms with van der Waals surface area (Å²) in [6, 6.07) is 8.92. The molecule has 23 heavy (non-hydrogen) atoms. The van der Waals surface area contributed by atoms with Crippen molar-refractivity contribution in [3.63, 3.8) is 0 Å². The van der Waals surface area contributed by atoms with Gasteiger partial charge in [-0.25, -0.2) is 4.98 Å². The second kappa shape index (κ2) is 6.17. The van der Waals surface area contributed by atoms with Crippen molar-refractivity contribution in [2.75, 3.05) is 11.4 Å². The first-order chi connectivity index (χ1) is 11.1. The van der Waals surface area contributed by atoms with Gasteiger partial charge in [0, 0.05) is 17.6 Å². The molecule has 0 saturated carbocycles. The van der Waals surface area contributed by atoms with Crippen LogP contribution in [0.25, 0.3) is 5.65 Å². The van der Waals surface area contributed by atoms with Crippen LogP contribution in [-0.2, 0) is 6.54 Å². The molecular weight excluding hydrogens is 316 g/mol. The van der Waals surface area contributed by atoms with Crippen LogP contribution in [0.15, 0.2) is 46.7 Å². The number of pyridine rings is 1. The van der Waals surface area contributed by atoms with Gasteiger partial charge in [-0.1, -0.05) is 12.1 Å². The van der Waals surface area contributed by atoms with E-state index in [0.717, 1.165) is 4.88 Å². The molecule has 0 aliphatic heterocycles. The van der Waals surface area contributed by atoms with Crippen molar-refractivity contribution in [2.45, 2.75) is 13.5 Å². The second-order valence-corrected chi connectivity index (χ2v) is 5.90. The van der Waals surface area contributed by atoms with Crippen molar-refractivity contribution in [3.05, 3.63) is 67.3 Å². The SMILES string of the molecule is CCN(Cc1cccs1)c1nc2ccccn2c(=O)c1[N+](=O)[O-]. The molecule has 3 heterocycles. The molecular formula is C15H14N4O3S. The quantitative estimate of drug-likeness (QED) is 0.531. The van der Waals surface area contributed by atoms with Crippen molar-refractivity contribution < 1.29 is 4.92 Å². The van der Waals surface area contributed by atoms with E-state index in [0.29, 0.717) is 18.7 Å². The molecule has 3 aromatic heterocycles. The molecule has 118 valence electrons. The van der Waals surface area contributed by atoms with Crippen LogP contribution in [-0.4, -0.2) is 20.9 Å². The average Bonchev–Trinajstić information content (AvgIpc) is 3.05. The summed E-state index contributed by atoms with van der Waals surface area (Å²) < 4.78 is 1.20. The Balaban J connectivity index is 2.19. The number of fused-ring (bicyclic) bond motifs is 1. The Hall–Kier alpha value is -2.74. The van der Waals surface area contributed by atoms with Gasteiger partial charge in [-0.15, -0.1) is 11.3 Å². The summed E-state index contributed by atoms with van der Waals surface area (Å²) in [5.74, 6) is 0.113. The lowest BCUT2D eigenvalue weighted by molar-refractivity contribution is -0.385. The number of aromatic nitrogens is 2. The molecule has 0 aliphatic rings. The van der Waals surface area contributed by atoms with E-state index in [1.54, 1.807) is 34.4 Å². The average molecular weight is 330 g/mol. The second-order valence-electron chi connectivity index (χ2n) is 4.87. The fraction of sp³-hybridized carbons (Fsp3) is 0.200. The molecule has 3 aromatic rings. The summed E-state index contributed by atoms with van der Waals surface area (Å²) in [7, 11) is 0. The van der Waals surface area contributed by atoms with E-state index in [4.69, 9.17) is 0 Å². The van der Waals surface area contributed by atoms with Gasteiger partial charge in [0.1, 0.15) is 5.65 Å². The summed E-state index contributed by atoms with van der Waals surface area (Å²) in [6.07, 6.45) is 1.48. The van der Waals surface area contributed by atoms with Crippen LogP contribution in [0.5, 0.6) is 0 Å². The van der Waals surface area contributed by atoms with Crippen molar-refractivity contribution in [1.29, 1.82) is 0 Å². The Labute approximate surface area is 135 Å². The van der Waals surface area contributed by atoms with Crippen molar-refractivity contribution in [3.8, 4) is 0 Å². The number of nitro groups is 1. The van der Waals surface area contributed by atoms with E-state index in [9.17, 15) is 14.9 Å². The molecule has 0 radical (unpaired) electrons. The van der Waals surface area contributed by atoms with E-state index in [-0.39, 0.29) is 5.82 Å². The van der Waals surface area contributed by atoms with Gasteiger partial charge in [-0.05, 0) is 30.5 Å². The highest BCUT2D eigenvalue weighted by Crippen LogP contribution is 2.25. The monoisotopic (exact) mass is 330 g/mol. The predicted octanol–water partition coefficient (Wildman–Crippen LogP) is 2.69. The minimum Gasteiger partial charge on any atom is -0.346 e. The zero-order chi connectivity index (χ0) is 16.4. The standard InChI is InChI=1S/C15H14N4O3S/c1-2-17(10-11-6-5-9-23-11)14-13(19(21)22)15(20)18-8-4-3-7-12(18)16-14/h3-9H,2,10H2,1H3. The zero-order valence-corrected chi connectivity index (χ0v) is 13.2. The third-order valence-corrected chi connectivity index (χ3v) is 4.34. The van der Waals surface area contributed by atoms with Gasteiger partial charge in [-0.3, -0.25) is 19.3 Å². The van der Waals surface area contributed by atoms with Crippen LogP contribution < -0.4 is 10.5 Å². The number of hydrogen-bond donors (Lipinski definition) is 0. The molecule has 0 atom stereocenters. The van der Waals surface area contributed by atoms with E-state index < -0.39 is 16.2 Å². The maximum atomic E-state index is 12.5. The molecule has 7 nitrogen and oxygen atoms in total. The predicted molar refractivity (Wildman–Crippen MR) is 89.2 cm³/mol. The Morgan fingerprint density at radius 2 is 2.17 bits per heavy atom. The molecule has 0 unspecified atom stereocenters. The van der Waals surface area contributed by atoms with Crippen LogP contribution in [0.1, 0.15) is 11.8 Å². The molecule has 0 fully saturated rings. The summed E-state index contributed by atoms with van der Waals surface area (Å²) in [6.45, 7) is 2.87. The highest BCUT2D eigenvalue weighted by molar-refractivity contribution is 7.09. The fourth-order valence-corrected chi connectivity index (χ4v) is 3.09. The van der Waals surface area contributed by atoms with Crippen LogP contribution in [0.3, 0.4) is 0 Å². The van der Waals surface area contributed by atoms with E-state index >= 15 is 0 Å². The van der Waals surface area contributed by atoms with Crippen LogP contribution in [0.4, 0.5) is 11.5 Å². The van der Waals surface area contributed by atoms with Gasteiger partial charge in [0.2, 0.25) is 5.82 Å². The number of hydrogen-bond acceptors (Lipinski definition) is 6. The lowest BCUT2D eigenvalue weighted by Crippen LogP contribution is -2.28. The largest absolute Gasteiger partial charge is 0.376 e. The number of thiophene rings is 1. The van der Waals surface area contributed by atoms with Gasteiger partial charge in [0.15, 0.2) is 0 Å². The van der Waals surface area contributed by atoms with Gasteiger partial charge in [-0.2, -0.15) is 0 Å². The molecule has 8 heteroatoms.